The lowest BCUT2D eigenvalue weighted by atomic mass is 9.79. The first-order valence-corrected chi connectivity index (χ1v) is 28.6. The Balaban J connectivity index is 1.96. The second-order valence-corrected chi connectivity index (χ2v) is 31.6. The smallest absolute Gasteiger partial charge is 0.200 e. The van der Waals surface area contributed by atoms with Gasteiger partial charge in [0, 0.05) is 18.3 Å². The minimum absolute atomic E-state index is 0.0462. The lowest BCUT2D eigenvalue weighted by Gasteiger charge is -2.55. The first kappa shape index (κ1) is 54.5. The van der Waals surface area contributed by atoms with E-state index in [1.54, 1.807) is 14.2 Å². The van der Waals surface area contributed by atoms with Crippen LogP contribution in [0.1, 0.15) is 127 Å². The Labute approximate surface area is 390 Å². The Kier molecular flexibility index (Phi) is 20.2. The number of hydrogen-bond acceptors (Lipinski definition) is 10. The normalized spacial score (nSPS) is 27.6. The number of benzene rings is 2. The Morgan fingerprint density at radius 3 is 1.64 bits per heavy atom. The summed E-state index contributed by atoms with van der Waals surface area (Å²) in [6, 6.07) is 15.7. The maximum atomic E-state index is 13.1. The van der Waals surface area contributed by atoms with E-state index in [-0.39, 0.29) is 48.1 Å². The van der Waals surface area contributed by atoms with Crippen LogP contribution in [0.4, 0.5) is 0 Å². The number of ether oxygens (including phenoxy) is 6. The van der Waals surface area contributed by atoms with Gasteiger partial charge in [-0.2, -0.15) is 0 Å². The highest BCUT2D eigenvalue weighted by atomic mass is 28.4. The molecular weight excluding hydrogens is 841 g/mol. The van der Waals surface area contributed by atoms with Crippen molar-refractivity contribution in [2.24, 2.45) is 11.8 Å². The molecule has 0 bridgehead atoms. The topological polar surface area (TPSA) is 114 Å². The van der Waals surface area contributed by atoms with Crippen molar-refractivity contribution in [1.29, 1.82) is 0 Å². The van der Waals surface area contributed by atoms with E-state index < -0.39 is 65.1 Å². The summed E-state index contributed by atoms with van der Waals surface area (Å²) in [5, 5.41) is 24.8. The summed E-state index contributed by atoms with van der Waals surface area (Å²) in [5.41, 5.74) is 3.78. The molecule has 2 heterocycles. The first-order valence-electron chi connectivity index (χ1n) is 24.3. The molecule has 64 heavy (non-hydrogen) atoms. The van der Waals surface area contributed by atoms with Crippen LogP contribution >= 0.6 is 0 Å². The molecule has 2 aliphatic rings. The van der Waals surface area contributed by atoms with Crippen LogP contribution < -0.4 is 9.47 Å². The average molecular weight is 929 g/mol. The zero-order chi connectivity index (χ0) is 47.7. The third-order valence-electron chi connectivity index (χ3n) is 14.9. The second-order valence-electron chi connectivity index (χ2n) is 20.7. The van der Waals surface area contributed by atoms with Crippen LogP contribution in [-0.4, -0.2) is 96.2 Å². The molecule has 10 nitrogen and oxygen atoms in total. The fraction of sp³-hybridized carbons (Fsp3) is 0.731. The SMILES string of the molecule is C=CCC[C@H]1O[C@@](O)([C@@H](OCc2ccc(OC)cc2)[C@@H]2O[C@H](CO[Si](C(C)C)(C(C)C)C(C)C)[C@@H](OCc3ccc(OC)cc3)[C@H](O[Si](C(C)C)(C(C)C)C(C)C)[C@H]2C)C[C@H](O)[C@H]1C. The van der Waals surface area contributed by atoms with Crippen molar-refractivity contribution in [1.82, 2.24) is 0 Å². The van der Waals surface area contributed by atoms with Gasteiger partial charge in [-0.1, -0.05) is 127 Å². The van der Waals surface area contributed by atoms with Crippen LogP contribution in [-0.2, 0) is 41.0 Å². The minimum atomic E-state index is -2.59. The van der Waals surface area contributed by atoms with Crippen LogP contribution in [0, 0.1) is 11.8 Å². The number of hydrogen-bond donors (Lipinski definition) is 2. The van der Waals surface area contributed by atoms with Gasteiger partial charge in [-0.3, -0.25) is 0 Å². The fourth-order valence-electron chi connectivity index (χ4n) is 11.6. The van der Waals surface area contributed by atoms with E-state index in [9.17, 15) is 10.2 Å². The summed E-state index contributed by atoms with van der Waals surface area (Å²) < 4.78 is 54.8. The monoisotopic (exact) mass is 929 g/mol. The van der Waals surface area contributed by atoms with Gasteiger partial charge in [0.1, 0.15) is 29.8 Å². The first-order chi connectivity index (χ1) is 30.1. The van der Waals surface area contributed by atoms with Crippen molar-refractivity contribution in [3.05, 3.63) is 72.3 Å². The number of aliphatic hydroxyl groups excluding tert-OH is 1. The van der Waals surface area contributed by atoms with Crippen LogP contribution in [0.2, 0.25) is 33.2 Å². The molecule has 2 N–H and O–H groups in total. The average Bonchev–Trinajstić information content (AvgIpc) is 3.24. The van der Waals surface area contributed by atoms with Gasteiger partial charge >= 0.3 is 0 Å². The Bertz CT molecular complexity index is 1640. The molecule has 2 saturated heterocycles. The minimum Gasteiger partial charge on any atom is -0.497 e. The van der Waals surface area contributed by atoms with E-state index in [0.717, 1.165) is 22.6 Å². The van der Waals surface area contributed by atoms with Crippen molar-refractivity contribution >= 4 is 16.6 Å². The van der Waals surface area contributed by atoms with E-state index in [4.69, 9.17) is 37.3 Å². The molecule has 0 amide bonds. The standard InChI is InChI=1S/C52H88O10Si2/c1-18-19-20-46-39(14)45(53)29-52(54,61-46)51(58-31-42-23-27-44(56-17)28-24-42)49-40(15)48(62-64(36(8)9,37(10)11)38(12)13)50(57-30-41-21-25-43(55-16)26-22-41)47(60-49)32-59-63(33(2)3,34(4)5)35(6)7/h18,21-28,33-40,45-51,53-54H,1,19-20,29-32H2,2-17H3/t39-,40-,45+,46-,47-,48-,49-,50-,51+,52-/m1/s1. The lowest BCUT2D eigenvalue weighted by Crippen LogP contribution is -2.68. The summed E-state index contributed by atoms with van der Waals surface area (Å²) in [4.78, 5) is 0. The van der Waals surface area contributed by atoms with Crippen molar-refractivity contribution < 1.29 is 47.5 Å². The van der Waals surface area contributed by atoms with Crippen molar-refractivity contribution in [3.8, 4) is 11.5 Å². The summed E-state index contributed by atoms with van der Waals surface area (Å²) in [6.45, 7) is 36.5. The summed E-state index contributed by atoms with van der Waals surface area (Å²) in [5.74, 6) is -0.968. The van der Waals surface area contributed by atoms with E-state index in [2.05, 4.69) is 96.6 Å². The van der Waals surface area contributed by atoms with Gasteiger partial charge in [-0.25, -0.2) is 0 Å². The molecule has 2 aliphatic heterocycles. The molecule has 0 aromatic heterocycles. The molecule has 2 aromatic rings. The van der Waals surface area contributed by atoms with Crippen LogP contribution in [0.15, 0.2) is 61.2 Å². The molecule has 10 atom stereocenters. The van der Waals surface area contributed by atoms with Gasteiger partial charge < -0.3 is 47.5 Å². The third kappa shape index (κ3) is 12.1. The van der Waals surface area contributed by atoms with Gasteiger partial charge in [-0.15, -0.1) is 6.58 Å². The highest BCUT2D eigenvalue weighted by molar-refractivity contribution is 6.78. The zero-order valence-corrected chi connectivity index (χ0v) is 44.5. The van der Waals surface area contributed by atoms with E-state index in [0.29, 0.717) is 36.1 Å². The highest BCUT2D eigenvalue weighted by Crippen LogP contribution is 2.49. The maximum Gasteiger partial charge on any atom is 0.200 e. The molecule has 0 aliphatic carbocycles. The largest absolute Gasteiger partial charge is 0.497 e. The number of rotatable bonds is 24. The van der Waals surface area contributed by atoms with Gasteiger partial charge in [0.25, 0.3) is 0 Å². The number of methoxy groups -OCH3 is 2. The maximum absolute atomic E-state index is 13.1. The molecule has 12 heteroatoms. The fourth-order valence-corrected chi connectivity index (χ4v) is 22.7. The number of aliphatic hydroxyl groups is 2. The second kappa shape index (κ2) is 23.8. The molecule has 0 spiro atoms. The van der Waals surface area contributed by atoms with Crippen molar-refractivity contribution in [2.45, 2.75) is 211 Å². The number of allylic oxidation sites excluding steroid dienone is 1. The summed E-state index contributed by atoms with van der Waals surface area (Å²) >= 11 is 0. The lowest BCUT2D eigenvalue weighted by molar-refractivity contribution is -0.360. The predicted octanol–water partition coefficient (Wildman–Crippen LogP) is 11.8. The van der Waals surface area contributed by atoms with Crippen LogP contribution in [0.3, 0.4) is 0 Å². The molecule has 0 radical (unpaired) electrons. The van der Waals surface area contributed by atoms with Gasteiger partial charge in [-0.05, 0) is 81.5 Å². The Hall–Kier alpha value is -2.11. The predicted molar refractivity (Wildman–Crippen MR) is 263 cm³/mol. The zero-order valence-electron chi connectivity index (χ0n) is 42.5. The quantitative estimate of drug-likeness (QED) is 0.0779. The van der Waals surface area contributed by atoms with Crippen molar-refractivity contribution in [2.75, 3.05) is 20.8 Å². The van der Waals surface area contributed by atoms with Gasteiger partial charge in [0.15, 0.2) is 14.1 Å². The summed E-state index contributed by atoms with van der Waals surface area (Å²) in [6.07, 6.45) is -1.62. The Morgan fingerprint density at radius 2 is 1.19 bits per heavy atom. The third-order valence-corrected chi connectivity index (χ3v) is 27.1. The van der Waals surface area contributed by atoms with Gasteiger partial charge in [0.05, 0.1) is 58.5 Å². The van der Waals surface area contributed by atoms with E-state index in [1.807, 2.05) is 61.5 Å². The Morgan fingerprint density at radius 1 is 0.703 bits per heavy atom. The summed E-state index contributed by atoms with van der Waals surface area (Å²) in [7, 11) is -1.69. The molecule has 364 valence electrons. The van der Waals surface area contributed by atoms with Crippen LogP contribution in [0.5, 0.6) is 11.5 Å². The van der Waals surface area contributed by atoms with E-state index in [1.165, 1.54) is 0 Å². The highest BCUT2D eigenvalue weighted by Gasteiger charge is 2.60. The molecule has 0 unspecified atom stereocenters. The molecule has 0 saturated carbocycles. The van der Waals surface area contributed by atoms with E-state index >= 15 is 0 Å². The molecule has 2 aromatic carbocycles. The van der Waals surface area contributed by atoms with Crippen LogP contribution in [0.25, 0.3) is 0 Å². The van der Waals surface area contributed by atoms with Gasteiger partial charge in [0.2, 0.25) is 8.32 Å². The molecule has 2 fully saturated rings. The molecular formula is C52H88O10Si2. The van der Waals surface area contributed by atoms with Crippen molar-refractivity contribution in [3.63, 3.8) is 0 Å². The molecule has 4 rings (SSSR count).